The van der Waals surface area contributed by atoms with E-state index < -0.39 is 15.7 Å². The predicted octanol–water partition coefficient (Wildman–Crippen LogP) is -0.0442. The summed E-state index contributed by atoms with van der Waals surface area (Å²) in [5.41, 5.74) is 0.295. The Bertz CT molecular complexity index is 716. The molecule has 2 rings (SSSR count). The molecule has 0 N–H and O–H groups in total. The maximum atomic E-state index is 12.4. The van der Waals surface area contributed by atoms with Crippen molar-refractivity contribution in [1.29, 1.82) is 0 Å². The first-order valence-corrected chi connectivity index (χ1v) is 9.19. The molecule has 132 valence electrons. The van der Waals surface area contributed by atoms with Crippen molar-refractivity contribution >= 4 is 21.7 Å². The number of hydrogen-bond donors (Lipinski definition) is 0. The van der Waals surface area contributed by atoms with Gasteiger partial charge in [0.05, 0.1) is 24.7 Å². The van der Waals surface area contributed by atoms with Gasteiger partial charge >= 0.3 is 0 Å². The van der Waals surface area contributed by atoms with E-state index in [2.05, 4.69) is 0 Å². The minimum absolute atomic E-state index is 0.0225. The number of nitrogens with zero attached hydrogens (tertiary/aromatic N) is 2. The molecule has 0 spiro atoms. The number of ether oxygens (including phenoxy) is 1. The summed E-state index contributed by atoms with van der Waals surface area (Å²) in [7, 11) is 0.0548. The van der Waals surface area contributed by atoms with E-state index in [1.807, 2.05) is 0 Å². The van der Waals surface area contributed by atoms with E-state index in [0.29, 0.717) is 11.3 Å². The zero-order valence-electron chi connectivity index (χ0n) is 13.6. The number of benzene rings is 1. The summed E-state index contributed by atoms with van der Waals surface area (Å²) < 4.78 is 28.5. The van der Waals surface area contributed by atoms with E-state index in [9.17, 15) is 18.0 Å². The highest BCUT2D eigenvalue weighted by Crippen LogP contribution is 2.16. The summed E-state index contributed by atoms with van der Waals surface area (Å²) in [6.45, 7) is -0.212. The van der Waals surface area contributed by atoms with E-state index in [-0.39, 0.29) is 37.2 Å². The highest BCUT2D eigenvalue weighted by molar-refractivity contribution is 7.91. The first-order valence-electron chi connectivity index (χ1n) is 7.37. The van der Waals surface area contributed by atoms with Crippen LogP contribution in [-0.4, -0.2) is 75.6 Å². The number of likely N-dealkylation sites (N-methyl/N-ethyl adjacent to an activating group) is 1. The highest BCUT2D eigenvalue weighted by Gasteiger charge is 2.24. The van der Waals surface area contributed by atoms with Crippen molar-refractivity contribution in [3.63, 3.8) is 0 Å². The molecule has 8 nitrogen and oxygen atoms in total. The fourth-order valence-electron chi connectivity index (χ4n) is 1.96. The summed E-state index contributed by atoms with van der Waals surface area (Å²) in [6.07, 6.45) is 0. The van der Waals surface area contributed by atoms with Gasteiger partial charge in [0.15, 0.2) is 16.4 Å². The minimum atomic E-state index is -3.19. The molecule has 2 amide bonds. The number of rotatable bonds is 4. The fraction of sp³-hybridized carbons (Fsp3) is 0.467. The van der Waals surface area contributed by atoms with Crippen LogP contribution in [0.3, 0.4) is 0 Å². The molecule has 1 aromatic rings. The van der Waals surface area contributed by atoms with Gasteiger partial charge in [0.2, 0.25) is 0 Å². The van der Waals surface area contributed by atoms with Gasteiger partial charge in [-0.25, -0.2) is 13.5 Å². The van der Waals surface area contributed by atoms with Gasteiger partial charge in [0.25, 0.3) is 11.8 Å². The van der Waals surface area contributed by atoms with Crippen LogP contribution in [-0.2, 0) is 19.5 Å². The molecule has 1 aromatic carbocycles. The van der Waals surface area contributed by atoms with Gasteiger partial charge in [-0.1, -0.05) is 6.07 Å². The van der Waals surface area contributed by atoms with E-state index in [0.717, 1.165) is 5.06 Å². The van der Waals surface area contributed by atoms with Crippen LogP contribution in [0, 0.1) is 0 Å². The van der Waals surface area contributed by atoms with Crippen LogP contribution >= 0.6 is 0 Å². The molecule has 1 heterocycles. The van der Waals surface area contributed by atoms with E-state index in [1.165, 1.54) is 11.0 Å². The van der Waals surface area contributed by atoms with Crippen LogP contribution in [0.15, 0.2) is 24.3 Å². The Labute approximate surface area is 140 Å². The Hall–Kier alpha value is -2.13. The Morgan fingerprint density at radius 2 is 2.04 bits per heavy atom. The van der Waals surface area contributed by atoms with E-state index in [4.69, 9.17) is 9.57 Å². The maximum Gasteiger partial charge on any atom is 0.277 e. The summed E-state index contributed by atoms with van der Waals surface area (Å²) in [5.74, 6) is -0.512. The molecule has 1 saturated heterocycles. The Balaban J connectivity index is 2.04. The molecule has 1 aliphatic rings. The summed E-state index contributed by atoms with van der Waals surface area (Å²) in [5, 5.41) is 1.05. The van der Waals surface area contributed by atoms with Crippen molar-refractivity contribution < 1.29 is 27.6 Å². The number of carbonyl (C=O) groups is 2. The van der Waals surface area contributed by atoms with Gasteiger partial charge in [-0.05, 0) is 18.2 Å². The first-order chi connectivity index (χ1) is 11.3. The average Bonchev–Trinajstić information content (AvgIpc) is 2.72. The van der Waals surface area contributed by atoms with Gasteiger partial charge in [0, 0.05) is 19.7 Å². The lowest BCUT2D eigenvalue weighted by Crippen LogP contribution is -2.33. The van der Waals surface area contributed by atoms with Crippen molar-refractivity contribution in [2.24, 2.45) is 0 Å². The van der Waals surface area contributed by atoms with Gasteiger partial charge in [-0.2, -0.15) is 0 Å². The minimum Gasteiger partial charge on any atom is -0.484 e. The Morgan fingerprint density at radius 3 is 2.75 bits per heavy atom. The van der Waals surface area contributed by atoms with Crippen molar-refractivity contribution in [3.05, 3.63) is 29.8 Å². The second-order valence-corrected chi connectivity index (χ2v) is 7.80. The van der Waals surface area contributed by atoms with Crippen LogP contribution in [0.5, 0.6) is 5.75 Å². The summed E-state index contributed by atoms with van der Waals surface area (Å²) in [4.78, 5) is 30.6. The second-order valence-electron chi connectivity index (χ2n) is 5.50. The van der Waals surface area contributed by atoms with Crippen molar-refractivity contribution in [2.75, 3.05) is 45.4 Å². The van der Waals surface area contributed by atoms with Crippen LogP contribution in [0.2, 0.25) is 0 Å². The van der Waals surface area contributed by atoms with Gasteiger partial charge in [-0.15, -0.1) is 0 Å². The second kappa shape index (κ2) is 7.63. The lowest BCUT2D eigenvalue weighted by molar-refractivity contribution is -0.130. The van der Waals surface area contributed by atoms with Gasteiger partial charge < -0.3 is 9.64 Å². The van der Waals surface area contributed by atoms with Crippen LogP contribution in [0.25, 0.3) is 0 Å². The quantitative estimate of drug-likeness (QED) is 0.751. The molecule has 1 fully saturated rings. The number of amides is 2. The monoisotopic (exact) mass is 356 g/mol. The fourth-order valence-corrected chi connectivity index (χ4v) is 2.94. The zero-order chi connectivity index (χ0) is 17.7. The van der Waals surface area contributed by atoms with Crippen LogP contribution in [0.4, 0.5) is 0 Å². The topological polar surface area (TPSA) is 93.2 Å². The van der Waals surface area contributed by atoms with E-state index >= 15 is 0 Å². The molecule has 0 unspecified atom stereocenters. The number of hydroxylamine groups is 2. The molecule has 1 aliphatic heterocycles. The highest BCUT2D eigenvalue weighted by atomic mass is 32.2. The number of carbonyl (C=O) groups excluding carboxylic acids is 2. The molecule has 0 radical (unpaired) electrons. The molecule has 9 heteroatoms. The molecule has 0 aromatic heterocycles. The molecular formula is C15H20N2O6S. The molecule has 0 aliphatic carbocycles. The third-order valence-corrected chi connectivity index (χ3v) is 5.01. The molecule has 0 saturated carbocycles. The smallest absolute Gasteiger partial charge is 0.277 e. The Kier molecular flexibility index (Phi) is 5.79. The van der Waals surface area contributed by atoms with Crippen LogP contribution < -0.4 is 4.74 Å². The van der Waals surface area contributed by atoms with Crippen molar-refractivity contribution in [3.8, 4) is 5.75 Å². The SMILES string of the molecule is CN(C)C(=O)COc1cccc(C(=O)N2CCS(=O)(=O)CCO2)c1. The van der Waals surface area contributed by atoms with Crippen molar-refractivity contribution in [2.45, 2.75) is 0 Å². The van der Waals surface area contributed by atoms with Gasteiger partial charge in [-0.3, -0.25) is 14.4 Å². The van der Waals surface area contributed by atoms with E-state index in [1.54, 1.807) is 32.3 Å². The average molecular weight is 356 g/mol. The molecule has 0 bridgehead atoms. The Morgan fingerprint density at radius 1 is 1.29 bits per heavy atom. The largest absolute Gasteiger partial charge is 0.484 e. The van der Waals surface area contributed by atoms with Gasteiger partial charge in [0.1, 0.15) is 5.75 Å². The van der Waals surface area contributed by atoms with Crippen molar-refractivity contribution in [1.82, 2.24) is 9.96 Å². The first kappa shape index (κ1) is 18.2. The maximum absolute atomic E-state index is 12.4. The summed E-state index contributed by atoms with van der Waals surface area (Å²) >= 11 is 0. The molecule has 24 heavy (non-hydrogen) atoms. The predicted molar refractivity (Wildman–Crippen MR) is 86.3 cm³/mol. The molecular weight excluding hydrogens is 336 g/mol. The number of hydrogen-bond acceptors (Lipinski definition) is 6. The third-order valence-electron chi connectivity index (χ3n) is 3.42. The standard InChI is InChI=1S/C15H20N2O6S/c1-16(2)14(18)11-22-13-5-3-4-12(10-13)15(19)17-6-8-24(20,21)9-7-23-17/h3-5,10H,6-9,11H2,1-2H3. The number of sulfone groups is 1. The summed E-state index contributed by atoms with van der Waals surface area (Å²) in [6, 6.07) is 6.32. The lowest BCUT2D eigenvalue weighted by atomic mass is 10.2. The molecule has 0 atom stereocenters. The normalized spacial score (nSPS) is 17.0. The zero-order valence-corrected chi connectivity index (χ0v) is 14.4. The third kappa shape index (κ3) is 4.93. The van der Waals surface area contributed by atoms with Crippen LogP contribution in [0.1, 0.15) is 10.4 Å². The lowest BCUT2D eigenvalue weighted by Gasteiger charge is -2.19.